The quantitative estimate of drug-likeness (QED) is 0.588. The summed E-state index contributed by atoms with van der Waals surface area (Å²) in [6.07, 6.45) is 5.38. The topological polar surface area (TPSA) is 80.2 Å². The van der Waals surface area contributed by atoms with Gasteiger partial charge in [0.05, 0.1) is 35.8 Å². The summed E-state index contributed by atoms with van der Waals surface area (Å²) in [5, 5.41) is 0. The molecule has 2 aliphatic heterocycles. The normalized spacial score (nSPS) is 21.2. The SMILES string of the molecule is COC1CCN(c2cc(N3CCc4nc(-c5cnsn5)ncc4C3C)cc(F)n2)C1. The number of hydrogen-bond donors (Lipinski definition) is 0. The average molecular weight is 428 g/mol. The molecule has 0 aliphatic carbocycles. The minimum absolute atomic E-state index is 0.0244. The molecule has 2 aliphatic rings. The van der Waals surface area contributed by atoms with Crippen LogP contribution in [0.1, 0.15) is 30.6 Å². The molecular formula is C20H22FN7OS. The second kappa shape index (κ2) is 7.84. The van der Waals surface area contributed by atoms with Gasteiger partial charge >= 0.3 is 0 Å². The number of methoxy groups -OCH3 is 1. The first kappa shape index (κ1) is 19.3. The van der Waals surface area contributed by atoms with E-state index in [9.17, 15) is 4.39 Å². The number of halogens is 1. The van der Waals surface area contributed by atoms with Crippen molar-refractivity contribution in [1.82, 2.24) is 23.7 Å². The molecule has 5 rings (SSSR count). The van der Waals surface area contributed by atoms with E-state index in [4.69, 9.17) is 9.72 Å². The molecule has 2 atom stereocenters. The van der Waals surface area contributed by atoms with Crippen LogP contribution in [-0.2, 0) is 11.2 Å². The van der Waals surface area contributed by atoms with Gasteiger partial charge in [0.1, 0.15) is 11.5 Å². The number of nitrogens with zero attached hydrogens (tertiary/aromatic N) is 7. The van der Waals surface area contributed by atoms with Crippen LogP contribution in [-0.4, -0.2) is 56.5 Å². The van der Waals surface area contributed by atoms with Crippen LogP contribution in [0.25, 0.3) is 11.5 Å². The molecule has 0 bridgehead atoms. The van der Waals surface area contributed by atoms with Gasteiger partial charge in [0, 0.05) is 62.7 Å². The van der Waals surface area contributed by atoms with E-state index >= 15 is 0 Å². The fourth-order valence-corrected chi connectivity index (χ4v) is 4.64. The van der Waals surface area contributed by atoms with Gasteiger partial charge in [0.2, 0.25) is 5.95 Å². The second-order valence-electron chi connectivity index (χ2n) is 7.61. The van der Waals surface area contributed by atoms with Crippen molar-refractivity contribution in [2.24, 2.45) is 0 Å². The Hall–Kier alpha value is -2.72. The Balaban J connectivity index is 1.42. The highest BCUT2D eigenvalue weighted by molar-refractivity contribution is 6.99. The summed E-state index contributed by atoms with van der Waals surface area (Å²) in [4.78, 5) is 17.6. The van der Waals surface area contributed by atoms with Crippen molar-refractivity contribution in [2.45, 2.75) is 31.9 Å². The van der Waals surface area contributed by atoms with Gasteiger partial charge in [-0.15, -0.1) is 0 Å². The summed E-state index contributed by atoms with van der Waals surface area (Å²) < 4.78 is 28.1. The first-order chi connectivity index (χ1) is 14.6. The number of aromatic nitrogens is 5. The Labute approximate surface area is 178 Å². The van der Waals surface area contributed by atoms with E-state index in [0.29, 0.717) is 17.3 Å². The lowest BCUT2D eigenvalue weighted by Crippen LogP contribution is -2.35. The monoisotopic (exact) mass is 427 g/mol. The zero-order chi connectivity index (χ0) is 20.7. The van der Waals surface area contributed by atoms with Crippen LogP contribution >= 0.6 is 11.7 Å². The Bertz CT molecular complexity index is 1050. The lowest BCUT2D eigenvalue weighted by atomic mass is 9.99. The van der Waals surface area contributed by atoms with Gasteiger partial charge in [-0.05, 0) is 13.3 Å². The molecule has 5 heterocycles. The number of hydrogen-bond acceptors (Lipinski definition) is 9. The third-order valence-corrected chi connectivity index (χ3v) is 6.37. The van der Waals surface area contributed by atoms with Crippen molar-refractivity contribution >= 4 is 23.2 Å². The van der Waals surface area contributed by atoms with Crippen molar-refractivity contribution in [3.8, 4) is 11.5 Å². The number of ether oxygens (including phenoxy) is 1. The van der Waals surface area contributed by atoms with Gasteiger partial charge in [-0.3, -0.25) is 0 Å². The van der Waals surface area contributed by atoms with Crippen molar-refractivity contribution in [3.05, 3.63) is 41.7 Å². The van der Waals surface area contributed by atoms with Gasteiger partial charge in [0.15, 0.2) is 5.82 Å². The fourth-order valence-electron chi connectivity index (χ4n) is 4.23. The third-order valence-electron chi connectivity index (χ3n) is 5.90. The maximum atomic E-state index is 14.4. The Kier molecular flexibility index (Phi) is 5.03. The molecule has 0 saturated carbocycles. The second-order valence-corrected chi connectivity index (χ2v) is 8.16. The van der Waals surface area contributed by atoms with Crippen LogP contribution in [0.2, 0.25) is 0 Å². The van der Waals surface area contributed by atoms with E-state index in [-0.39, 0.29) is 12.1 Å². The fraction of sp³-hybridized carbons (Fsp3) is 0.450. The van der Waals surface area contributed by atoms with Crippen molar-refractivity contribution in [1.29, 1.82) is 0 Å². The lowest BCUT2D eigenvalue weighted by molar-refractivity contribution is 0.121. The molecule has 8 nitrogen and oxygen atoms in total. The zero-order valence-corrected chi connectivity index (χ0v) is 17.6. The molecule has 10 heteroatoms. The third kappa shape index (κ3) is 3.50. The lowest BCUT2D eigenvalue weighted by Gasteiger charge is -2.36. The molecule has 156 valence electrons. The van der Waals surface area contributed by atoms with Crippen molar-refractivity contribution in [2.75, 3.05) is 36.5 Å². The number of anilines is 2. The van der Waals surface area contributed by atoms with Crippen LogP contribution in [0.3, 0.4) is 0 Å². The smallest absolute Gasteiger partial charge is 0.216 e. The minimum atomic E-state index is -0.469. The molecular weight excluding hydrogens is 405 g/mol. The largest absolute Gasteiger partial charge is 0.380 e. The van der Waals surface area contributed by atoms with Gasteiger partial charge < -0.3 is 14.5 Å². The maximum absolute atomic E-state index is 14.4. The summed E-state index contributed by atoms with van der Waals surface area (Å²) in [5.41, 5.74) is 3.57. The average Bonchev–Trinajstić information content (AvgIpc) is 3.45. The summed E-state index contributed by atoms with van der Waals surface area (Å²) >= 11 is 1.14. The van der Waals surface area contributed by atoms with Crippen LogP contribution < -0.4 is 9.80 Å². The first-order valence-corrected chi connectivity index (χ1v) is 10.7. The molecule has 1 saturated heterocycles. The molecule has 0 N–H and O–H groups in total. The Morgan fingerprint density at radius 3 is 2.87 bits per heavy atom. The standard InChI is InChI=1S/C20H22FN7OS/c1-12-15-9-22-20(17-10-23-30-26-17)24-16(15)4-6-28(12)13-7-18(21)25-19(8-13)27-5-3-14(11-27)29-2/h7-10,12,14H,3-6,11H2,1-2H3. The van der Waals surface area contributed by atoms with E-state index in [2.05, 4.69) is 35.4 Å². The van der Waals surface area contributed by atoms with Gasteiger partial charge in [-0.2, -0.15) is 13.1 Å². The van der Waals surface area contributed by atoms with Crippen molar-refractivity contribution in [3.63, 3.8) is 0 Å². The van der Waals surface area contributed by atoms with Crippen LogP contribution in [0.4, 0.5) is 15.9 Å². The van der Waals surface area contributed by atoms with Crippen molar-refractivity contribution < 1.29 is 9.13 Å². The molecule has 30 heavy (non-hydrogen) atoms. The first-order valence-electron chi connectivity index (χ1n) is 9.98. The van der Waals surface area contributed by atoms with Gasteiger partial charge in [-0.25, -0.2) is 15.0 Å². The summed E-state index contributed by atoms with van der Waals surface area (Å²) in [5.74, 6) is 0.788. The molecule has 1 fully saturated rings. The zero-order valence-electron chi connectivity index (χ0n) is 16.8. The van der Waals surface area contributed by atoms with Gasteiger partial charge in [0.25, 0.3) is 0 Å². The van der Waals surface area contributed by atoms with E-state index < -0.39 is 5.95 Å². The van der Waals surface area contributed by atoms with Crippen LogP contribution in [0.15, 0.2) is 24.5 Å². The molecule has 3 aromatic heterocycles. The summed E-state index contributed by atoms with van der Waals surface area (Å²) in [7, 11) is 1.71. The minimum Gasteiger partial charge on any atom is -0.380 e. The van der Waals surface area contributed by atoms with Gasteiger partial charge in [-0.1, -0.05) is 0 Å². The highest BCUT2D eigenvalue weighted by Gasteiger charge is 2.29. The number of fused-ring (bicyclic) bond motifs is 1. The van der Waals surface area contributed by atoms with Crippen LogP contribution in [0, 0.1) is 5.95 Å². The highest BCUT2D eigenvalue weighted by atomic mass is 32.1. The van der Waals surface area contributed by atoms with E-state index in [1.54, 1.807) is 13.3 Å². The Morgan fingerprint density at radius 1 is 1.20 bits per heavy atom. The van der Waals surface area contributed by atoms with Crippen LogP contribution in [0.5, 0.6) is 0 Å². The molecule has 0 amide bonds. The maximum Gasteiger partial charge on any atom is 0.216 e. The van der Waals surface area contributed by atoms with E-state index in [0.717, 1.165) is 61.1 Å². The van der Waals surface area contributed by atoms with E-state index in [1.165, 1.54) is 6.07 Å². The number of pyridine rings is 1. The predicted molar refractivity (Wildman–Crippen MR) is 112 cm³/mol. The Morgan fingerprint density at radius 2 is 2.10 bits per heavy atom. The molecule has 0 spiro atoms. The molecule has 0 radical (unpaired) electrons. The number of rotatable bonds is 4. The summed E-state index contributed by atoms with van der Waals surface area (Å²) in [6.45, 7) is 4.38. The summed E-state index contributed by atoms with van der Waals surface area (Å²) in [6, 6.07) is 3.50. The molecule has 3 aromatic rings. The highest BCUT2D eigenvalue weighted by Crippen LogP contribution is 2.35. The molecule has 2 unspecified atom stereocenters. The van der Waals surface area contributed by atoms with E-state index in [1.807, 2.05) is 12.3 Å². The predicted octanol–water partition coefficient (Wildman–Crippen LogP) is 2.88. The molecule has 0 aromatic carbocycles.